The number of thiazole rings is 1. The molecule has 2 aromatic rings. The molecule has 1 spiro atoms. The van der Waals surface area contributed by atoms with Gasteiger partial charge in [0.2, 0.25) is 0 Å². The van der Waals surface area contributed by atoms with Crippen LogP contribution < -0.4 is 0 Å². The Kier molecular flexibility index (Phi) is 5.75. The van der Waals surface area contributed by atoms with Crippen molar-refractivity contribution in [3.05, 3.63) is 40.7 Å². The first kappa shape index (κ1) is 20.3. The van der Waals surface area contributed by atoms with Crippen molar-refractivity contribution in [3.63, 3.8) is 0 Å². The standard InChI is InChI=1S/C15H17N3O2S.C2HF3O2/c19-14(13-7-21-11-16-13)18-3-2-15(10-18)8-17(9-15)5-12-1-4-20-6-12;3-2(4,5)1(6)7/h1,4,6-7,11H,2-3,5,8-10H2;(H,6,7). The highest BCUT2D eigenvalue weighted by atomic mass is 32.1. The van der Waals surface area contributed by atoms with Crippen molar-refractivity contribution >= 4 is 23.2 Å². The predicted octanol–water partition coefficient (Wildman–Crippen LogP) is 2.72. The van der Waals surface area contributed by atoms with Crippen molar-refractivity contribution in [3.8, 4) is 0 Å². The second-order valence-corrected chi connectivity index (χ2v) is 7.65. The topological polar surface area (TPSA) is 86.9 Å². The molecule has 2 aromatic heterocycles. The molecular weight excluding hydrogens is 399 g/mol. The lowest BCUT2D eigenvalue weighted by atomic mass is 9.79. The lowest BCUT2D eigenvalue weighted by Crippen LogP contribution is -2.57. The van der Waals surface area contributed by atoms with Gasteiger partial charge in [-0.1, -0.05) is 0 Å². The SMILES string of the molecule is O=C(O)C(F)(F)F.O=C(c1cscn1)N1CCC2(CN(Cc3ccoc3)C2)C1. The first-order valence-corrected chi connectivity index (χ1v) is 9.34. The van der Waals surface area contributed by atoms with E-state index in [0.717, 1.165) is 39.1 Å². The van der Waals surface area contributed by atoms with E-state index in [1.54, 1.807) is 18.0 Å². The minimum Gasteiger partial charge on any atom is -0.475 e. The van der Waals surface area contributed by atoms with Crippen LogP contribution in [0.4, 0.5) is 13.2 Å². The summed E-state index contributed by atoms with van der Waals surface area (Å²) in [5.74, 6) is -2.67. The van der Waals surface area contributed by atoms with Crippen LogP contribution >= 0.6 is 11.3 Å². The second-order valence-electron chi connectivity index (χ2n) is 6.93. The number of alkyl halides is 3. The molecule has 11 heteroatoms. The smallest absolute Gasteiger partial charge is 0.475 e. The number of halogens is 3. The van der Waals surface area contributed by atoms with Gasteiger partial charge in [0, 0.05) is 49.1 Å². The van der Waals surface area contributed by atoms with Crippen molar-refractivity contribution in [2.45, 2.75) is 19.1 Å². The number of aliphatic carboxylic acids is 1. The van der Waals surface area contributed by atoms with Crippen molar-refractivity contribution < 1.29 is 32.3 Å². The summed E-state index contributed by atoms with van der Waals surface area (Å²) < 4.78 is 36.8. The number of amides is 1. The Morgan fingerprint density at radius 3 is 2.57 bits per heavy atom. The molecular formula is C17H18F3N3O4S. The summed E-state index contributed by atoms with van der Waals surface area (Å²) in [5, 5.41) is 8.96. The molecule has 0 aromatic carbocycles. The van der Waals surface area contributed by atoms with Crippen LogP contribution in [-0.2, 0) is 11.3 Å². The van der Waals surface area contributed by atoms with Gasteiger partial charge in [0.25, 0.3) is 5.91 Å². The number of hydrogen-bond acceptors (Lipinski definition) is 6. The number of likely N-dealkylation sites (tertiary alicyclic amines) is 2. The minimum absolute atomic E-state index is 0.0846. The van der Waals surface area contributed by atoms with Gasteiger partial charge in [0.15, 0.2) is 0 Å². The zero-order valence-electron chi connectivity index (χ0n) is 14.7. The van der Waals surface area contributed by atoms with Crippen LogP contribution in [-0.4, -0.2) is 64.1 Å². The van der Waals surface area contributed by atoms with E-state index in [2.05, 4.69) is 9.88 Å². The van der Waals surface area contributed by atoms with E-state index >= 15 is 0 Å². The molecule has 2 aliphatic rings. The summed E-state index contributed by atoms with van der Waals surface area (Å²) in [6.45, 7) is 4.80. The highest BCUT2D eigenvalue weighted by Gasteiger charge is 2.48. The van der Waals surface area contributed by atoms with E-state index in [1.807, 2.05) is 16.3 Å². The molecule has 0 saturated carbocycles. The van der Waals surface area contributed by atoms with E-state index in [4.69, 9.17) is 14.3 Å². The third-order valence-electron chi connectivity index (χ3n) is 4.72. The van der Waals surface area contributed by atoms with Gasteiger partial charge in [-0.25, -0.2) is 9.78 Å². The van der Waals surface area contributed by atoms with Gasteiger partial charge < -0.3 is 14.4 Å². The quantitative estimate of drug-likeness (QED) is 0.827. The maximum absolute atomic E-state index is 12.3. The van der Waals surface area contributed by atoms with Gasteiger partial charge >= 0.3 is 12.1 Å². The van der Waals surface area contributed by atoms with E-state index in [1.165, 1.54) is 16.9 Å². The summed E-state index contributed by atoms with van der Waals surface area (Å²) in [7, 11) is 0. The van der Waals surface area contributed by atoms with Gasteiger partial charge in [-0.3, -0.25) is 9.69 Å². The monoisotopic (exact) mass is 417 g/mol. The molecule has 0 radical (unpaired) electrons. The molecule has 0 unspecified atom stereocenters. The Labute approximate surface area is 162 Å². The van der Waals surface area contributed by atoms with Crippen LogP contribution in [0.15, 0.2) is 33.9 Å². The molecule has 0 atom stereocenters. The fraction of sp³-hybridized carbons (Fsp3) is 0.471. The number of carbonyl (C=O) groups is 2. The molecule has 4 heterocycles. The van der Waals surface area contributed by atoms with E-state index < -0.39 is 12.1 Å². The number of furan rings is 1. The summed E-state index contributed by atoms with van der Waals surface area (Å²) in [4.78, 5) is 29.7. The Hall–Kier alpha value is -2.40. The molecule has 2 aliphatic heterocycles. The summed E-state index contributed by atoms with van der Waals surface area (Å²) in [5.41, 5.74) is 3.83. The fourth-order valence-corrected chi connectivity index (χ4v) is 4.03. The molecule has 1 N–H and O–H groups in total. The average molecular weight is 417 g/mol. The summed E-state index contributed by atoms with van der Waals surface area (Å²) in [6.07, 6.45) is -0.461. The van der Waals surface area contributed by atoms with Crippen molar-refractivity contribution in [1.29, 1.82) is 0 Å². The Morgan fingerprint density at radius 1 is 1.32 bits per heavy atom. The zero-order valence-corrected chi connectivity index (χ0v) is 15.5. The number of hydrogen-bond donors (Lipinski definition) is 1. The van der Waals surface area contributed by atoms with E-state index in [0.29, 0.717) is 11.1 Å². The number of carboxylic acids is 1. The lowest BCUT2D eigenvalue weighted by molar-refractivity contribution is -0.192. The number of rotatable bonds is 3. The molecule has 0 bridgehead atoms. The zero-order chi connectivity index (χ0) is 20.4. The highest BCUT2D eigenvalue weighted by molar-refractivity contribution is 7.07. The van der Waals surface area contributed by atoms with Crippen LogP contribution in [0.1, 0.15) is 22.5 Å². The predicted molar refractivity (Wildman–Crippen MR) is 92.7 cm³/mol. The molecule has 1 amide bonds. The summed E-state index contributed by atoms with van der Waals surface area (Å²) >= 11 is 1.47. The first-order valence-electron chi connectivity index (χ1n) is 8.40. The number of carboxylic acid groups (broad SMARTS) is 1. The molecule has 2 fully saturated rings. The minimum atomic E-state index is -5.08. The number of nitrogens with zero attached hydrogens (tertiary/aromatic N) is 3. The van der Waals surface area contributed by atoms with Crippen molar-refractivity contribution in [1.82, 2.24) is 14.8 Å². The third-order valence-corrected chi connectivity index (χ3v) is 5.31. The molecule has 28 heavy (non-hydrogen) atoms. The van der Waals surface area contributed by atoms with E-state index in [-0.39, 0.29) is 5.91 Å². The number of carbonyl (C=O) groups excluding carboxylic acids is 1. The van der Waals surface area contributed by atoms with Gasteiger partial charge in [-0.05, 0) is 12.5 Å². The Balaban J connectivity index is 0.000000279. The van der Waals surface area contributed by atoms with E-state index in [9.17, 15) is 18.0 Å². The highest BCUT2D eigenvalue weighted by Crippen LogP contribution is 2.40. The first-order chi connectivity index (χ1) is 13.2. The lowest BCUT2D eigenvalue weighted by Gasteiger charge is -2.48. The van der Waals surface area contributed by atoms with Crippen molar-refractivity contribution in [2.75, 3.05) is 26.2 Å². The molecule has 0 aliphatic carbocycles. The van der Waals surface area contributed by atoms with Crippen molar-refractivity contribution in [2.24, 2.45) is 5.41 Å². The maximum Gasteiger partial charge on any atom is 0.490 e. The van der Waals surface area contributed by atoms with Crippen LogP contribution in [0.5, 0.6) is 0 Å². The van der Waals surface area contributed by atoms with Gasteiger partial charge in [0.1, 0.15) is 5.69 Å². The average Bonchev–Trinajstić information content (AvgIpc) is 3.35. The third kappa shape index (κ3) is 4.71. The molecule has 152 valence electrons. The van der Waals surface area contributed by atoms with Crippen LogP contribution in [0.2, 0.25) is 0 Å². The van der Waals surface area contributed by atoms with Gasteiger partial charge in [-0.15, -0.1) is 11.3 Å². The Bertz CT molecular complexity index is 802. The second kappa shape index (κ2) is 7.92. The van der Waals surface area contributed by atoms with Crippen LogP contribution in [0, 0.1) is 5.41 Å². The normalized spacial score (nSPS) is 18.5. The fourth-order valence-electron chi connectivity index (χ4n) is 3.50. The molecule has 2 saturated heterocycles. The van der Waals surface area contributed by atoms with Gasteiger partial charge in [-0.2, -0.15) is 13.2 Å². The maximum atomic E-state index is 12.3. The van der Waals surface area contributed by atoms with Crippen LogP contribution in [0.3, 0.4) is 0 Å². The Morgan fingerprint density at radius 2 is 2.04 bits per heavy atom. The summed E-state index contributed by atoms with van der Waals surface area (Å²) in [6, 6.07) is 2.01. The molecule has 7 nitrogen and oxygen atoms in total. The van der Waals surface area contributed by atoms with Crippen LogP contribution in [0.25, 0.3) is 0 Å². The largest absolute Gasteiger partial charge is 0.490 e. The molecule has 4 rings (SSSR count). The number of aromatic nitrogens is 1. The van der Waals surface area contributed by atoms with Gasteiger partial charge in [0.05, 0.1) is 18.0 Å².